The highest BCUT2D eigenvalue weighted by Crippen LogP contribution is 2.21. The van der Waals surface area contributed by atoms with Crippen molar-refractivity contribution < 1.29 is 4.74 Å². The van der Waals surface area contributed by atoms with Gasteiger partial charge in [0.2, 0.25) is 0 Å². The summed E-state index contributed by atoms with van der Waals surface area (Å²) in [4.78, 5) is 0. The lowest BCUT2D eigenvalue weighted by Gasteiger charge is -2.15. The molecule has 18 heavy (non-hydrogen) atoms. The van der Waals surface area contributed by atoms with Gasteiger partial charge in [0.1, 0.15) is 11.8 Å². The second-order valence-electron chi connectivity index (χ2n) is 4.64. The molecule has 0 amide bonds. The van der Waals surface area contributed by atoms with Crippen molar-refractivity contribution in [1.82, 2.24) is 0 Å². The number of ether oxygens (including phenoxy) is 1. The van der Waals surface area contributed by atoms with Crippen molar-refractivity contribution in [3.8, 4) is 11.8 Å². The number of rotatable bonds is 7. The van der Waals surface area contributed by atoms with Crippen LogP contribution in [0.1, 0.15) is 51.5 Å². The summed E-state index contributed by atoms with van der Waals surface area (Å²) in [5.74, 6) is 0.745. The smallest absolute Gasteiger partial charge is 0.121 e. The molecule has 0 saturated heterocycles. The van der Waals surface area contributed by atoms with Crippen LogP contribution in [0.25, 0.3) is 0 Å². The van der Waals surface area contributed by atoms with E-state index in [1.54, 1.807) is 18.2 Å². The first kappa shape index (κ1) is 14.4. The van der Waals surface area contributed by atoms with E-state index in [-0.39, 0.29) is 6.10 Å². The number of unbranched alkanes of at least 4 members (excludes halogenated alkanes) is 3. The second-order valence-corrected chi connectivity index (χ2v) is 4.64. The van der Waals surface area contributed by atoms with E-state index in [1.807, 2.05) is 6.07 Å². The molecule has 3 nitrogen and oxygen atoms in total. The number of benzene rings is 1. The van der Waals surface area contributed by atoms with Crippen LogP contribution in [0.15, 0.2) is 18.2 Å². The van der Waals surface area contributed by atoms with Crippen LogP contribution in [0, 0.1) is 11.3 Å². The van der Waals surface area contributed by atoms with Gasteiger partial charge in [-0.05, 0) is 31.9 Å². The van der Waals surface area contributed by atoms with E-state index in [1.165, 1.54) is 25.7 Å². The van der Waals surface area contributed by atoms with Crippen molar-refractivity contribution in [2.75, 3.05) is 5.73 Å². The predicted molar refractivity (Wildman–Crippen MR) is 74.4 cm³/mol. The highest BCUT2D eigenvalue weighted by molar-refractivity contribution is 5.57. The average molecular weight is 246 g/mol. The van der Waals surface area contributed by atoms with Crippen molar-refractivity contribution in [2.24, 2.45) is 0 Å². The van der Waals surface area contributed by atoms with Crippen LogP contribution >= 0.6 is 0 Å². The molecule has 0 aliphatic rings. The molecule has 0 bridgehead atoms. The van der Waals surface area contributed by atoms with Crippen molar-refractivity contribution in [1.29, 1.82) is 5.26 Å². The van der Waals surface area contributed by atoms with Crippen molar-refractivity contribution in [3.05, 3.63) is 23.8 Å². The van der Waals surface area contributed by atoms with Gasteiger partial charge in [-0.2, -0.15) is 5.26 Å². The van der Waals surface area contributed by atoms with E-state index < -0.39 is 0 Å². The maximum absolute atomic E-state index is 8.79. The molecule has 1 aromatic rings. The Morgan fingerprint density at radius 3 is 2.72 bits per heavy atom. The standard InChI is InChI=1S/C15H22N2O/c1-3-4-5-6-7-12(2)18-14-9-8-13(11-16)15(17)10-14/h8-10,12H,3-7,17H2,1-2H3. The van der Waals surface area contributed by atoms with E-state index in [0.29, 0.717) is 11.3 Å². The lowest BCUT2D eigenvalue weighted by molar-refractivity contribution is 0.206. The molecule has 1 atom stereocenters. The van der Waals surface area contributed by atoms with Crippen LogP contribution in [0.5, 0.6) is 5.75 Å². The number of nitrogen functional groups attached to an aromatic ring is 1. The zero-order chi connectivity index (χ0) is 13.4. The maximum atomic E-state index is 8.79. The van der Waals surface area contributed by atoms with Crippen LogP contribution in [-0.4, -0.2) is 6.10 Å². The molecule has 3 heteroatoms. The molecule has 1 aromatic carbocycles. The highest BCUT2D eigenvalue weighted by Gasteiger charge is 2.06. The van der Waals surface area contributed by atoms with Crippen molar-refractivity contribution in [3.63, 3.8) is 0 Å². The zero-order valence-electron chi connectivity index (χ0n) is 11.3. The van der Waals surface area contributed by atoms with Crippen LogP contribution in [0.4, 0.5) is 5.69 Å². The molecule has 0 aliphatic carbocycles. The lowest BCUT2D eigenvalue weighted by Crippen LogP contribution is -2.11. The Morgan fingerprint density at radius 2 is 2.11 bits per heavy atom. The van der Waals surface area contributed by atoms with Gasteiger partial charge in [-0.15, -0.1) is 0 Å². The van der Waals surface area contributed by atoms with Gasteiger partial charge < -0.3 is 10.5 Å². The third-order valence-corrected chi connectivity index (χ3v) is 2.94. The van der Waals surface area contributed by atoms with E-state index >= 15 is 0 Å². The van der Waals surface area contributed by atoms with Gasteiger partial charge >= 0.3 is 0 Å². The van der Waals surface area contributed by atoms with Gasteiger partial charge in [-0.1, -0.05) is 26.2 Å². The Bertz CT molecular complexity index is 409. The van der Waals surface area contributed by atoms with Gasteiger partial charge in [0.05, 0.1) is 17.4 Å². The topological polar surface area (TPSA) is 59.0 Å². The SMILES string of the molecule is CCCCCCC(C)Oc1ccc(C#N)c(N)c1. The number of nitriles is 1. The van der Waals surface area contributed by atoms with E-state index in [2.05, 4.69) is 13.8 Å². The summed E-state index contributed by atoms with van der Waals surface area (Å²) >= 11 is 0. The van der Waals surface area contributed by atoms with Crippen LogP contribution in [-0.2, 0) is 0 Å². The van der Waals surface area contributed by atoms with Crippen LogP contribution < -0.4 is 10.5 Å². The van der Waals surface area contributed by atoms with Gasteiger partial charge in [0.15, 0.2) is 0 Å². The Hall–Kier alpha value is -1.69. The molecular formula is C15H22N2O. The van der Waals surface area contributed by atoms with Crippen molar-refractivity contribution in [2.45, 2.75) is 52.1 Å². The fourth-order valence-electron chi connectivity index (χ4n) is 1.87. The van der Waals surface area contributed by atoms with Gasteiger partial charge in [-0.3, -0.25) is 0 Å². The first-order valence-electron chi connectivity index (χ1n) is 6.63. The number of hydrogen-bond acceptors (Lipinski definition) is 3. The summed E-state index contributed by atoms with van der Waals surface area (Å²) in [6, 6.07) is 7.27. The fraction of sp³-hybridized carbons (Fsp3) is 0.533. The molecule has 0 radical (unpaired) electrons. The Balaban J connectivity index is 2.42. The molecule has 98 valence electrons. The summed E-state index contributed by atoms with van der Waals surface area (Å²) in [7, 11) is 0. The summed E-state index contributed by atoms with van der Waals surface area (Å²) in [6.45, 7) is 4.28. The number of nitrogens with zero attached hydrogens (tertiary/aromatic N) is 1. The monoisotopic (exact) mass is 246 g/mol. The Kier molecular flexibility index (Phi) is 6.07. The first-order chi connectivity index (χ1) is 8.67. The Morgan fingerprint density at radius 1 is 1.33 bits per heavy atom. The molecule has 1 unspecified atom stereocenters. The molecule has 0 spiro atoms. The van der Waals surface area contributed by atoms with E-state index in [4.69, 9.17) is 15.7 Å². The minimum atomic E-state index is 0.189. The maximum Gasteiger partial charge on any atom is 0.121 e. The lowest BCUT2D eigenvalue weighted by atomic mass is 10.1. The second kappa shape index (κ2) is 7.60. The zero-order valence-corrected chi connectivity index (χ0v) is 11.3. The quantitative estimate of drug-likeness (QED) is 0.586. The van der Waals surface area contributed by atoms with Crippen LogP contribution in [0.2, 0.25) is 0 Å². The first-order valence-corrected chi connectivity index (χ1v) is 6.63. The number of nitrogens with two attached hydrogens (primary N) is 1. The fourth-order valence-corrected chi connectivity index (χ4v) is 1.87. The number of hydrogen-bond donors (Lipinski definition) is 1. The predicted octanol–water partition coefficient (Wildman–Crippen LogP) is 3.88. The molecule has 0 heterocycles. The van der Waals surface area contributed by atoms with Gasteiger partial charge in [0.25, 0.3) is 0 Å². The minimum absolute atomic E-state index is 0.189. The largest absolute Gasteiger partial charge is 0.491 e. The Labute approximate surface area is 110 Å². The summed E-state index contributed by atoms with van der Waals surface area (Å²) in [5.41, 5.74) is 6.72. The molecule has 0 fully saturated rings. The van der Waals surface area contributed by atoms with E-state index in [9.17, 15) is 0 Å². The molecule has 0 aliphatic heterocycles. The van der Waals surface area contributed by atoms with Gasteiger partial charge in [-0.25, -0.2) is 0 Å². The molecule has 0 saturated carbocycles. The molecule has 2 N–H and O–H groups in total. The average Bonchev–Trinajstić information content (AvgIpc) is 2.35. The minimum Gasteiger partial charge on any atom is -0.491 e. The number of anilines is 1. The van der Waals surface area contributed by atoms with Crippen LogP contribution in [0.3, 0.4) is 0 Å². The van der Waals surface area contributed by atoms with Crippen molar-refractivity contribution >= 4 is 5.69 Å². The normalized spacial score (nSPS) is 11.8. The summed E-state index contributed by atoms with van der Waals surface area (Å²) < 4.78 is 5.79. The van der Waals surface area contributed by atoms with E-state index in [0.717, 1.165) is 12.2 Å². The summed E-state index contributed by atoms with van der Waals surface area (Å²) in [6.07, 6.45) is 6.24. The molecule has 1 rings (SSSR count). The molecule has 0 aromatic heterocycles. The highest BCUT2D eigenvalue weighted by atomic mass is 16.5. The van der Waals surface area contributed by atoms with Gasteiger partial charge in [0, 0.05) is 6.07 Å². The third-order valence-electron chi connectivity index (χ3n) is 2.94. The summed E-state index contributed by atoms with van der Waals surface area (Å²) in [5, 5.41) is 8.79. The molecular weight excluding hydrogens is 224 g/mol. The third kappa shape index (κ3) is 4.67.